The van der Waals surface area contributed by atoms with Crippen molar-refractivity contribution in [3.05, 3.63) is 22.4 Å². The molecule has 4 heteroatoms. The van der Waals surface area contributed by atoms with E-state index in [0.29, 0.717) is 5.92 Å². The van der Waals surface area contributed by atoms with Gasteiger partial charge in [-0.05, 0) is 17.4 Å². The summed E-state index contributed by atoms with van der Waals surface area (Å²) in [5.41, 5.74) is 0. The Bertz CT molecular complexity index is 282. The minimum atomic E-state index is -0.813. The van der Waals surface area contributed by atoms with Gasteiger partial charge in [-0.1, -0.05) is 19.9 Å². The Hall–Kier alpha value is -0.870. The van der Waals surface area contributed by atoms with Gasteiger partial charge in [0.2, 0.25) is 0 Å². The summed E-state index contributed by atoms with van der Waals surface area (Å²) in [6.07, 6.45) is 0. The number of hydrogen-bond donors (Lipinski definition) is 2. The number of carbonyl (C=O) groups is 1. The Kier molecular flexibility index (Phi) is 4.10. The topological polar surface area (TPSA) is 49.3 Å². The molecule has 0 fully saturated rings. The summed E-state index contributed by atoms with van der Waals surface area (Å²) in [6, 6.07) is 4.16. The predicted octanol–water partition coefficient (Wildman–Crippen LogP) is 2.12. The van der Waals surface area contributed by atoms with Gasteiger partial charge < -0.3 is 5.11 Å². The van der Waals surface area contributed by atoms with Gasteiger partial charge in [-0.25, -0.2) is 0 Å². The van der Waals surface area contributed by atoms with Gasteiger partial charge in [0.1, 0.15) is 0 Å². The van der Waals surface area contributed by atoms with Crippen LogP contribution in [0.15, 0.2) is 17.5 Å². The van der Waals surface area contributed by atoms with Crippen LogP contribution in [0.2, 0.25) is 0 Å². The van der Waals surface area contributed by atoms with Gasteiger partial charge in [-0.3, -0.25) is 10.1 Å². The average Bonchev–Trinajstić information content (AvgIpc) is 2.56. The third-order valence-electron chi connectivity index (χ3n) is 1.99. The summed E-state index contributed by atoms with van der Waals surface area (Å²) in [5.74, 6) is -0.416. The molecule has 0 aromatic carbocycles. The van der Waals surface area contributed by atoms with Crippen molar-refractivity contribution in [3.63, 3.8) is 0 Å². The predicted molar refractivity (Wildman–Crippen MR) is 57.5 cm³/mol. The normalized spacial score (nSPS) is 13.1. The van der Waals surface area contributed by atoms with E-state index in [0.717, 1.165) is 0 Å². The Morgan fingerprint density at radius 3 is 2.79 bits per heavy atom. The van der Waals surface area contributed by atoms with E-state index in [-0.39, 0.29) is 12.6 Å². The third-order valence-corrected chi connectivity index (χ3v) is 2.94. The second kappa shape index (κ2) is 5.12. The Morgan fingerprint density at radius 2 is 2.36 bits per heavy atom. The van der Waals surface area contributed by atoms with Crippen molar-refractivity contribution in [1.29, 1.82) is 0 Å². The number of rotatable bonds is 5. The first kappa shape index (κ1) is 11.2. The summed E-state index contributed by atoms with van der Waals surface area (Å²) in [4.78, 5) is 11.6. The van der Waals surface area contributed by atoms with Crippen LogP contribution in [-0.4, -0.2) is 17.6 Å². The smallest absolute Gasteiger partial charge is 0.317 e. The number of carboxylic acids is 1. The monoisotopic (exact) mass is 213 g/mol. The summed E-state index contributed by atoms with van der Waals surface area (Å²) < 4.78 is 0. The number of aliphatic carboxylic acids is 1. The van der Waals surface area contributed by atoms with Crippen molar-refractivity contribution in [3.8, 4) is 0 Å². The summed E-state index contributed by atoms with van der Waals surface area (Å²) >= 11 is 1.66. The standard InChI is InChI=1S/C10H15NO2S/c1-7(2)10(11-6-9(12)13)8-4-3-5-14-8/h3-5,7,10-11H,6H2,1-2H3,(H,12,13). The zero-order chi connectivity index (χ0) is 10.6. The molecular formula is C10H15NO2S. The van der Waals surface area contributed by atoms with Crippen molar-refractivity contribution in [2.45, 2.75) is 19.9 Å². The fraction of sp³-hybridized carbons (Fsp3) is 0.500. The van der Waals surface area contributed by atoms with Gasteiger partial charge in [0.25, 0.3) is 0 Å². The molecule has 0 saturated heterocycles. The van der Waals surface area contributed by atoms with Crippen LogP contribution in [-0.2, 0) is 4.79 Å². The molecule has 1 heterocycles. The van der Waals surface area contributed by atoms with Crippen LogP contribution in [0.5, 0.6) is 0 Å². The SMILES string of the molecule is CC(C)C(NCC(=O)O)c1cccs1. The molecular weight excluding hydrogens is 198 g/mol. The molecule has 0 spiro atoms. The van der Waals surface area contributed by atoms with E-state index in [1.165, 1.54) is 4.88 Å². The van der Waals surface area contributed by atoms with E-state index in [2.05, 4.69) is 19.2 Å². The van der Waals surface area contributed by atoms with Crippen molar-refractivity contribution in [2.24, 2.45) is 5.92 Å². The van der Waals surface area contributed by atoms with Crippen LogP contribution < -0.4 is 5.32 Å². The maximum atomic E-state index is 10.4. The summed E-state index contributed by atoms with van der Waals surface area (Å²) in [5, 5.41) is 13.6. The minimum absolute atomic E-state index is 0.0146. The Labute approximate surface area is 87.8 Å². The summed E-state index contributed by atoms with van der Waals surface area (Å²) in [6.45, 7) is 4.18. The maximum absolute atomic E-state index is 10.4. The highest BCUT2D eigenvalue weighted by molar-refractivity contribution is 7.10. The number of hydrogen-bond acceptors (Lipinski definition) is 3. The van der Waals surface area contributed by atoms with Gasteiger partial charge in [0, 0.05) is 10.9 Å². The van der Waals surface area contributed by atoms with Gasteiger partial charge in [-0.2, -0.15) is 0 Å². The van der Waals surface area contributed by atoms with E-state index >= 15 is 0 Å². The minimum Gasteiger partial charge on any atom is -0.480 e. The number of carboxylic acid groups (broad SMARTS) is 1. The molecule has 1 rings (SSSR count). The molecule has 14 heavy (non-hydrogen) atoms. The highest BCUT2D eigenvalue weighted by Crippen LogP contribution is 2.25. The zero-order valence-corrected chi connectivity index (χ0v) is 9.17. The molecule has 0 aliphatic carbocycles. The fourth-order valence-corrected chi connectivity index (χ4v) is 2.30. The average molecular weight is 213 g/mol. The lowest BCUT2D eigenvalue weighted by Crippen LogP contribution is -2.30. The molecule has 0 saturated carbocycles. The molecule has 1 aromatic heterocycles. The van der Waals surface area contributed by atoms with Crippen molar-refractivity contribution < 1.29 is 9.90 Å². The molecule has 0 bridgehead atoms. The summed E-state index contributed by atoms with van der Waals surface area (Å²) in [7, 11) is 0. The molecule has 0 radical (unpaired) electrons. The molecule has 3 nitrogen and oxygen atoms in total. The second-order valence-corrected chi connectivity index (χ2v) is 4.49. The molecule has 1 aromatic rings. The van der Waals surface area contributed by atoms with Crippen molar-refractivity contribution >= 4 is 17.3 Å². The van der Waals surface area contributed by atoms with Crippen LogP contribution in [0.4, 0.5) is 0 Å². The molecule has 0 amide bonds. The van der Waals surface area contributed by atoms with Crippen LogP contribution >= 0.6 is 11.3 Å². The quantitative estimate of drug-likeness (QED) is 0.787. The molecule has 1 unspecified atom stereocenters. The van der Waals surface area contributed by atoms with E-state index in [1.54, 1.807) is 11.3 Å². The number of thiophene rings is 1. The molecule has 78 valence electrons. The fourth-order valence-electron chi connectivity index (χ4n) is 1.33. The molecule has 2 N–H and O–H groups in total. The lowest BCUT2D eigenvalue weighted by Gasteiger charge is -2.19. The highest BCUT2D eigenvalue weighted by Gasteiger charge is 2.16. The zero-order valence-electron chi connectivity index (χ0n) is 8.36. The number of nitrogens with one attached hydrogen (secondary N) is 1. The Morgan fingerprint density at radius 1 is 1.64 bits per heavy atom. The van der Waals surface area contributed by atoms with Crippen LogP contribution in [0.1, 0.15) is 24.8 Å². The molecule has 0 aliphatic rings. The van der Waals surface area contributed by atoms with Crippen LogP contribution in [0.25, 0.3) is 0 Å². The Balaban J connectivity index is 2.61. The largest absolute Gasteiger partial charge is 0.480 e. The lowest BCUT2D eigenvalue weighted by atomic mass is 10.0. The van der Waals surface area contributed by atoms with Crippen LogP contribution in [0, 0.1) is 5.92 Å². The van der Waals surface area contributed by atoms with Crippen molar-refractivity contribution in [2.75, 3.05) is 6.54 Å². The second-order valence-electron chi connectivity index (χ2n) is 3.51. The van der Waals surface area contributed by atoms with Gasteiger partial charge >= 0.3 is 5.97 Å². The van der Waals surface area contributed by atoms with Crippen molar-refractivity contribution in [1.82, 2.24) is 5.32 Å². The highest BCUT2D eigenvalue weighted by atomic mass is 32.1. The first-order valence-corrected chi connectivity index (χ1v) is 5.48. The van der Waals surface area contributed by atoms with Gasteiger partial charge in [-0.15, -0.1) is 11.3 Å². The van der Waals surface area contributed by atoms with E-state index in [9.17, 15) is 4.79 Å². The molecule has 1 atom stereocenters. The lowest BCUT2D eigenvalue weighted by molar-refractivity contribution is -0.136. The van der Waals surface area contributed by atoms with Gasteiger partial charge in [0.05, 0.1) is 6.54 Å². The van der Waals surface area contributed by atoms with Crippen LogP contribution in [0.3, 0.4) is 0 Å². The maximum Gasteiger partial charge on any atom is 0.317 e. The van der Waals surface area contributed by atoms with E-state index in [1.807, 2.05) is 17.5 Å². The first-order chi connectivity index (χ1) is 6.61. The van der Waals surface area contributed by atoms with Gasteiger partial charge in [0.15, 0.2) is 0 Å². The first-order valence-electron chi connectivity index (χ1n) is 4.60. The molecule has 0 aliphatic heterocycles. The van der Waals surface area contributed by atoms with E-state index < -0.39 is 5.97 Å². The van der Waals surface area contributed by atoms with E-state index in [4.69, 9.17) is 5.11 Å². The third kappa shape index (κ3) is 3.12.